The van der Waals surface area contributed by atoms with Crippen molar-refractivity contribution < 1.29 is 23.0 Å². The molecule has 0 heterocycles. The SMILES string of the molecule is CCOc1ccc(CCNC(=O)C(F)F)cc1OCC. The molecule has 0 aliphatic rings. The van der Waals surface area contributed by atoms with Crippen LogP contribution < -0.4 is 14.8 Å². The van der Waals surface area contributed by atoms with E-state index in [1.165, 1.54) is 0 Å². The molecule has 0 atom stereocenters. The number of nitrogens with one attached hydrogen (secondary N) is 1. The largest absolute Gasteiger partial charge is 0.490 e. The number of alkyl halides is 2. The lowest BCUT2D eigenvalue weighted by molar-refractivity contribution is -0.131. The summed E-state index contributed by atoms with van der Waals surface area (Å²) >= 11 is 0. The Morgan fingerprint density at radius 3 is 2.45 bits per heavy atom. The first-order chi connectivity index (χ1) is 9.58. The van der Waals surface area contributed by atoms with Gasteiger partial charge in [-0.1, -0.05) is 6.07 Å². The van der Waals surface area contributed by atoms with Gasteiger partial charge in [0.1, 0.15) is 0 Å². The number of rotatable bonds is 8. The Balaban J connectivity index is 2.62. The lowest BCUT2D eigenvalue weighted by atomic mass is 10.1. The number of carbonyl (C=O) groups is 1. The maximum absolute atomic E-state index is 12.0. The van der Waals surface area contributed by atoms with Crippen LogP contribution in [0.3, 0.4) is 0 Å². The molecule has 0 bridgehead atoms. The summed E-state index contributed by atoms with van der Waals surface area (Å²) in [5.74, 6) is 0.0164. The number of hydrogen-bond acceptors (Lipinski definition) is 3. The van der Waals surface area contributed by atoms with Crippen molar-refractivity contribution in [3.63, 3.8) is 0 Å². The third-order valence-corrected chi connectivity index (χ3v) is 2.52. The zero-order chi connectivity index (χ0) is 15.0. The summed E-state index contributed by atoms with van der Waals surface area (Å²) in [7, 11) is 0. The first-order valence-electron chi connectivity index (χ1n) is 6.52. The maximum Gasteiger partial charge on any atom is 0.315 e. The fourth-order valence-electron chi connectivity index (χ4n) is 1.66. The smallest absolute Gasteiger partial charge is 0.315 e. The highest BCUT2D eigenvalue weighted by molar-refractivity contribution is 5.79. The van der Waals surface area contributed by atoms with Crippen molar-refractivity contribution in [2.45, 2.75) is 26.7 Å². The van der Waals surface area contributed by atoms with E-state index in [1.54, 1.807) is 12.1 Å². The van der Waals surface area contributed by atoms with Crippen LogP contribution in [-0.4, -0.2) is 32.1 Å². The van der Waals surface area contributed by atoms with Crippen LogP contribution in [0, 0.1) is 0 Å². The molecule has 0 aliphatic carbocycles. The van der Waals surface area contributed by atoms with E-state index in [4.69, 9.17) is 9.47 Å². The molecule has 0 saturated carbocycles. The van der Waals surface area contributed by atoms with Gasteiger partial charge < -0.3 is 14.8 Å². The molecule has 20 heavy (non-hydrogen) atoms. The minimum atomic E-state index is -2.98. The van der Waals surface area contributed by atoms with Crippen LogP contribution in [0.1, 0.15) is 19.4 Å². The lowest BCUT2D eigenvalue weighted by Crippen LogP contribution is -2.31. The topological polar surface area (TPSA) is 47.6 Å². The molecule has 0 aromatic heterocycles. The summed E-state index contributed by atoms with van der Waals surface area (Å²) < 4.78 is 34.9. The van der Waals surface area contributed by atoms with Gasteiger partial charge in [-0.05, 0) is 38.0 Å². The summed E-state index contributed by atoms with van der Waals surface area (Å²) in [6, 6.07) is 5.39. The van der Waals surface area contributed by atoms with E-state index in [2.05, 4.69) is 5.32 Å². The van der Waals surface area contributed by atoms with Gasteiger partial charge in [0, 0.05) is 6.54 Å². The van der Waals surface area contributed by atoms with Crippen molar-refractivity contribution in [2.24, 2.45) is 0 Å². The standard InChI is InChI=1S/C14H19F2NO3/c1-3-19-11-6-5-10(9-12(11)20-4-2)7-8-17-14(18)13(15)16/h5-6,9,13H,3-4,7-8H2,1-2H3,(H,17,18). The predicted molar refractivity (Wildman–Crippen MR) is 71.5 cm³/mol. The van der Waals surface area contributed by atoms with Gasteiger partial charge >= 0.3 is 6.43 Å². The Bertz CT molecular complexity index is 438. The molecule has 0 fully saturated rings. The molecule has 0 unspecified atom stereocenters. The van der Waals surface area contributed by atoms with E-state index in [9.17, 15) is 13.6 Å². The van der Waals surface area contributed by atoms with E-state index in [1.807, 2.05) is 19.9 Å². The normalized spacial score (nSPS) is 10.4. The van der Waals surface area contributed by atoms with Crippen molar-refractivity contribution in [1.29, 1.82) is 0 Å². The van der Waals surface area contributed by atoms with Crippen LogP contribution >= 0.6 is 0 Å². The van der Waals surface area contributed by atoms with Gasteiger partial charge in [-0.15, -0.1) is 0 Å². The Morgan fingerprint density at radius 1 is 1.20 bits per heavy atom. The van der Waals surface area contributed by atoms with Gasteiger partial charge in [-0.3, -0.25) is 4.79 Å². The molecule has 1 N–H and O–H groups in total. The summed E-state index contributed by atoms with van der Waals surface area (Å²) in [4.78, 5) is 10.7. The summed E-state index contributed by atoms with van der Waals surface area (Å²) in [5.41, 5.74) is 0.881. The van der Waals surface area contributed by atoms with Crippen LogP contribution in [0.15, 0.2) is 18.2 Å². The quantitative estimate of drug-likeness (QED) is 0.798. The minimum Gasteiger partial charge on any atom is -0.490 e. The Morgan fingerprint density at radius 2 is 1.85 bits per heavy atom. The molecule has 0 radical (unpaired) electrons. The lowest BCUT2D eigenvalue weighted by Gasteiger charge is -2.12. The fraction of sp³-hybridized carbons (Fsp3) is 0.500. The Hall–Kier alpha value is -1.85. The van der Waals surface area contributed by atoms with Gasteiger partial charge in [0.05, 0.1) is 13.2 Å². The summed E-state index contributed by atoms with van der Waals surface area (Å²) in [6.07, 6.45) is -2.53. The molecular formula is C14H19F2NO3. The van der Waals surface area contributed by atoms with Gasteiger partial charge in [0.15, 0.2) is 11.5 Å². The third kappa shape index (κ3) is 5.03. The number of ether oxygens (including phenoxy) is 2. The molecule has 1 rings (SSSR count). The van der Waals surface area contributed by atoms with E-state index < -0.39 is 12.3 Å². The molecule has 0 aliphatic heterocycles. The Kier molecular flexibility index (Phi) is 6.76. The number of halogens is 2. The van der Waals surface area contributed by atoms with Crippen LogP contribution in [0.5, 0.6) is 11.5 Å². The highest BCUT2D eigenvalue weighted by Crippen LogP contribution is 2.28. The number of hydrogen-bond donors (Lipinski definition) is 1. The molecule has 112 valence electrons. The molecule has 0 spiro atoms. The zero-order valence-electron chi connectivity index (χ0n) is 11.6. The second-order valence-electron chi connectivity index (χ2n) is 3.99. The predicted octanol–water partition coefficient (Wildman–Crippen LogP) is 2.41. The summed E-state index contributed by atoms with van der Waals surface area (Å²) in [6.45, 7) is 4.94. The number of carbonyl (C=O) groups excluding carboxylic acids is 1. The molecule has 1 aromatic carbocycles. The van der Waals surface area contributed by atoms with E-state index in [-0.39, 0.29) is 6.54 Å². The van der Waals surface area contributed by atoms with E-state index >= 15 is 0 Å². The molecule has 1 amide bonds. The van der Waals surface area contributed by atoms with Crippen LogP contribution in [0.25, 0.3) is 0 Å². The zero-order valence-corrected chi connectivity index (χ0v) is 11.6. The van der Waals surface area contributed by atoms with Crippen molar-refractivity contribution >= 4 is 5.91 Å². The molecule has 4 nitrogen and oxygen atoms in total. The molecule has 6 heteroatoms. The van der Waals surface area contributed by atoms with E-state index in [0.717, 1.165) is 5.56 Å². The van der Waals surface area contributed by atoms with Crippen molar-refractivity contribution in [2.75, 3.05) is 19.8 Å². The van der Waals surface area contributed by atoms with E-state index in [0.29, 0.717) is 31.1 Å². The van der Waals surface area contributed by atoms with Crippen molar-refractivity contribution in [3.05, 3.63) is 23.8 Å². The highest BCUT2D eigenvalue weighted by Gasteiger charge is 2.14. The van der Waals surface area contributed by atoms with Gasteiger partial charge in [-0.25, -0.2) is 0 Å². The van der Waals surface area contributed by atoms with Crippen LogP contribution in [0.4, 0.5) is 8.78 Å². The first-order valence-corrected chi connectivity index (χ1v) is 6.52. The first kappa shape index (κ1) is 16.2. The molecule has 0 saturated heterocycles. The van der Waals surface area contributed by atoms with Gasteiger partial charge in [-0.2, -0.15) is 8.78 Å². The third-order valence-electron chi connectivity index (χ3n) is 2.52. The average molecular weight is 287 g/mol. The van der Waals surface area contributed by atoms with Gasteiger partial charge in [0.2, 0.25) is 0 Å². The second kappa shape index (κ2) is 8.35. The molecule has 1 aromatic rings. The number of benzene rings is 1. The monoisotopic (exact) mass is 287 g/mol. The van der Waals surface area contributed by atoms with Crippen LogP contribution in [0.2, 0.25) is 0 Å². The molecular weight excluding hydrogens is 268 g/mol. The highest BCUT2D eigenvalue weighted by atomic mass is 19.3. The average Bonchev–Trinajstić information content (AvgIpc) is 2.41. The second-order valence-corrected chi connectivity index (χ2v) is 3.99. The number of amides is 1. The van der Waals surface area contributed by atoms with Crippen LogP contribution in [-0.2, 0) is 11.2 Å². The van der Waals surface area contributed by atoms with Crippen molar-refractivity contribution in [1.82, 2.24) is 5.32 Å². The van der Waals surface area contributed by atoms with Gasteiger partial charge in [0.25, 0.3) is 5.91 Å². The summed E-state index contributed by atoms with van der Waals surface area (Å²) in [5, 5.41) is 2.16. The van der Waals surface area contributed by atoms with Crippen molar-refractivity contribution in [3.8, 4) is 11.5 Å². The Labute approximate surface area is 117 Å². The fourth-order valence-corrected chi connectivity index (χ4v) is 1.66. The maximum atomic E-state index is 12.0. The minimum absolute atomic E-state index is 0.155.